The lowest BCUT2D eigenvalue weighted by molar-refractivity contribution is 0.285. The minimum absolute atomic E-state index is 0.320. The van der Waals surface area contributed by atoms with E-state index in [1.54, 1.807) is 6.92 Å². The molecule has 1 aromatic heterocycles. The molecule has 0 unspecified atom stereocenters. The van der Waals surface area contributed by atoms with E-state index in [4.69, 9.17) is 9.26 Å². The Balaban J connectivity index is 1.96. The fourth-order valence-electron chi connectivity index (χ4n) is 1.50. The maximum absolute atomic E-state index is 5.58. The third kappa shape index (κ3) is 3.29. The lowest BCUT2D eigenvalue weighted by atomic mass is 10.2. The average molecular weight is 233 g/mol. The van der Waals surface area contributed by atoms with E-state index >= 15 is 0 Å². The molecule has 0 saturated carbocycles. The smallest absolute Gasteiger partial charge is 0.223 e. The molecule has 0 aliphatic heterocycles. The van der Waals surface area contributed by atoms with Crippen molar-refractivity contribution in [2.75, 3.05) is 7.05 Å². The predicted molar refractivity (Wildman–Crippen MR) is 62.6 cm³/mol. The van der Waals surface area contributed by atoms with Gasteiger partial charge in [-0.25, -0.2) is 0 Å². The van der Waals surface area contributed by atoms with Crippen molar-refractivity contribution in [1.82, 2.24) is 15.5 Å². The summed E-state index contributed by atoms with van der Waals surface area (Å²) in [6.45, 7) is 2.89. The number of nitrogens with one attached hydrogen (secondary N) is 1. The van der Waals surface area contributed by atoms with Gasteiger partial charge < -0.3 is 14.6 Å². The molecule has 0 amide bonds. The Labute approximate surface area is 99.8 Å². The van der Waals surface area contributed by atoms with Crippen LogP contribution in [0, 0.1) is 6.92 Å². The van der Waals surface area contributed by atoms with Crippen molar-refractivity contribution in [2.24, 2.45) is 0 Å². The first-order valence-corrected chi connectivity index (χ1v) is 5.43. The maximum atomic E-state index is 5.58. The number of rotatable bonds is 5. The van der Waals surface area contributed by atoms with Crippen LogP contribution in [0.2, 0.25) is 0 Å². The van der Waals surface area contributed by atoms with Gasteiger partial charge in [0.2, 0.25) is 11.7 Å². The largest absolute Gasteiger partial charge is 0.485 e. The Morgan fingerprint density at radius 1 is 1.41 bits per heavy atom. The number of aromatic nitrogens is 2. The van der Waals surface area contributed by atoms with Crippen molar-refractivity contribution in [3.63, 3.8) is 0 Å². The molecule has 0 fully saturated rings. The monoisotopic (exact) mass is 233 g/mol. The first-order valence-electron chi connectivity index (χ1n) is 5.43. The molecule has 0 saturated heterocycles. The fraction of sp³-hybridized carbons (Fsp3) is 0.333. The van der Waals surface area contributed by atoms with Gasteiger partial charge in [-0.3, -0.25) is 0 Å². The van der Waals surface area contributed by atoms with Crippen LogP contribution < -0.4 is 10.1 Å². The van der Waals surface area contributed by atoms with Gasteiger partial charge in [0.15, 0.2) is 6.61 Å². The number of aryl methyl sites for hydroxylation is 1. The molecule has 5 heteroatoms. The van der Waals surface area contributed by atoms with Crippen molar-refractivity contribution in [2.45, 2.75) is 20.1 Å². The number of nitrogens with zero attached hydrogens (tertiary/aromatic N) is 2. The van der Waals surface area contributed by atoms with E-state index in [9.17, 15) is 0 Å². The average Bonchev–Trinajstić information content (AvgIpc) is 2.74. The van der Waals surface area contributed by atoms with Crippen LogP contribution in [0.4, 0.5) is 0 Å². The van der Waals surface area contributed by atoms with Crippen LogP contribution in [0.3, 0.4) is 0 Å². The summed E-state index contributed by atoms with van der Waals surface area (Å²) in [6.07, 6.45) is 0. The van der Waals surface area contributed by atoms with Crippen LogP contribution >= 0.6 is 0 Å². The topological polar surface area (TPSA) is 60.2 Å². The van der Waals surface area contributed by atoms with E-state index in [1.807, 2.05) is 31.3 Å². The van der Waals surface area contributed by atoms with Crippen LogP contribution in [-0.2, 0) is 13.2 Å². The quantitative estimate of drug-likeness (QED) is 0.851. The molecule has 1 heterocycles. The SMILES string of the molecule is CNCc1cccc(OCc2noc(C)n2)c1. The van der Waals surface area contributed by atoms with Gasteiger partial charge in [0.25, 0.3) is 0 Å². The molecule has 2 rings (SSSR count). The molecule has 17 heavy (non-hydrogen) atoms. The van der Waals surface area contributed by atoms with E-state index < -0.39 is 0 Å². The van der Waals surface area contributed by atoms with E-state index in [-0.39, 0.29) is 0 Å². The summed E-state index contributed by atoms with van der Waals surface area (Å²) in [6, 6.07) is 7.90. The highest BCUT2D eigenvalue weighted by Crippen LogP contribution is 2.14. The number of ether oxygens (including phenoxy) is 1. The molecule has 1 aromatic carbocycles. The molecule has 0 radical (unpaired) electrons. The molecule has 0 spiro atoms. The molecule has 1 N–H and O–H groups in total. The number of hydrogen-bond acceptors (Lipinski definition) is 5. The Kier molecular flexibility index (Phi) is 3.72. The molecule has 90 valence electrons. The van der Waals surface area contributed by atoms with Crippen molar-refractivity contribution in [1.29, 1.82) is 0 Å². The normalized spacial score (nSPS) is 10.5. The third-order valence-electron chi connectivity index (χ3n) is 2.22. The highest BCUT2D eigenvalue weighted by molar-refractivity contribution is 5.28. The summed E-state index contributed by atoms with van der Waals surface area (Å²) >= 11 is 0. The second-order valence-electron chi connectivity index (χ2n) is 3.70. The van der Waals surface area contributed by atoms with Crippen LogP contribution in [0.1, 0.15) is 17.3 Å². The van der Waals surface area contributed by atoms with Gasteiger partial charge in [0.1, 0.15) is 5.75 Å². The van der Waals surface area contributed by atoms with E-state index in [0.717, 1.165) is 12.3 Å². The fourth-order valence-corrected chi connectivity index (χ4v) is 1.50. The van der Waals surface area contributed by atoms with Gasteiger partial charge in [0.05, 0.1) is 0 Å². The summed E-state index contributed by atoms with van der Waals surface area (Å²) in [7, 11) is 1.91. The zero-order valence-corrected chi connectivity index (χ0v) is 9.93. The molecule has 2 aromatic rings. The van der Waals surface area contributed by atoms with Gasteiger partial charge in [-0.05, 0) is 24.7 Å². The van der Waals surface area contributed by atoms with Gasteiger partial charge in [0, 0.05) is 13.5 Å². The molecule has 0 bridgehead atoms. The second-order valence-corrected chi connectivity index (χ2v) is 3.70. The third-order valence-corrected chi connectivity index (χ3v) is 2.22. The Bertz CT molecular complexity index is 482. The molecule has 5 nitrogen and oxygen atoms in total. The highest BCUT2D eigenvalue weighted by Gasteiger charge is 2.03. The van der Waals surface area contributed by atoms with Crippen molar-refractivity contribution in [3.05, 3.63) is 41.5 Å². The number of benzene rings is 1. The van der Waals surface area contributed by atoms with Gasteiger partial charge in [-0.2, -0.15) is 4.98 Å². The zero-order valence-electron chi connectivity index (χ0n) is 9.93. The predicted octanol–water partition coefficient (Wildman–Crippen LogP) is 1.68. The van der Waals surface area contributed by atoms with Gasteiger partial charge >= 0.3 is 0 Å². The van der Waals surface area contributed by atoms with Crippen LogP contribution in [0.25, 0.3) is 0 Å². The molecular weight excluding hydrogens is 218 g/mol. The molecule has 0 aliphatic carbocycles. The number of hydrogen-bond donors (Lipinski definition) is 1. The molecular formula is C12H15N3O2. The zero-order chi connectivity index (χ0) is 12.1. The van der Waals surface area contributed by atoms with Crippen LogP contribution in [-0.4, -0.2) is 17.2 Å². The van der Waals surface area contributed by atoms with Crippen molar-refractivity contribution < 1.29 is 9.26 Å². The second kappa shape index (κ2) is 5.45. The Morgan fingerprint density at radius 3 is 3.00 bits per heavy atom. The van der Waals surface area contributed by atoms with Crippen molar-refractivity contribution >= 4 is 0 Å². The molecule has 0 aliphatic rings. The Morgan fingerprint density at radius 2 is 2.29 bits per heavy atom. The van der Waals surface area contributed by atoms with E-state index in [0.29, 0.717) is 18.3 Å². The maximum Gasteiger partial charge on any atom is 0.223 e. The summed E-state index contributed by atoms with van der Waals surface area (Å²) in [5.41, 5.74) is 1.18. The van der Waals surface area contributed by atoms with Gasteiger partial charge in [-0.1, -0.05) is 17.3 Å². The Hall–Kier alpha value is -1.88. The minimum Gasteiger partial charge on any atom is -0.485 e. The summed E-state index contributed by atoms with van der Waals surface area (Å²) in [5, 5.41) is 6.86. The van der Waals surface area contributed by atoms with Crippen LogP contribution in [0.5, 0.6) is 5.75 Å². The lowest BCUT2D eigenvalue weighted by Gasteiger charge is -2.05. The van der Waals surface area contributed by atoms with E-state index in [2.05, 4.69) is 15.5 Å². The first-order chi connectivity index (χ1) is 8.28. The minimum atomic E-state index is 0.320. The summed E-state index contributed by atoms with van der Waals surface area (Å²) < 4.78 is 10.4. The van der Waals surface area contributed by atoms with Crippen molar-refractivity contribution in [3.8, 4) is 5.75 Å². The summed E-state index contributed by atoms with van der Waals surface area (Å²) in [4.78, 5) is 4.07. The molecule has 0 atom stereocenters. The van der Waals surface area contributed by atoms with Gasteiger partial charge in [-0.15, -0.1) is 0 Å². The highest BCUT2D eigenvalue weighted by atomic mass is 16.5. The lowest BCUT2D eigenvalue weighted by Crippen LogP contribution is -2.05. The van der Waals surface area contributed by atoms with Crippen LogP contribution in [0.15, 0.2) is 28.8 Å². The standard InChI is InChI=1S/C12H15N3O2/c1-9-14-12(15-17-9)8-16-11-5-3-4-10(6-11)7-13-2/h3-6,13H,7-8H2,1-2H3. The van der Waals surface area contributed by atoms with E-state index in [1.165, 1.54) is 5.56 Å². The summed E-state index contributed by atoms with van der Waals surface area (Å²) in [5.74, 6) is 1.91. The first kappa shape index (κ1) is 11.6.